The van der Waals surface area contributed by atoms with E-state index in [9.17, 15) is 9.59 Å². The maximum Gasteiger partial charge on any atom is 0.258 e. The topological polar surface area (TPSA) is 127 Å². The number of H-pyrrole nitrogens is 1. The molecule has 6 N–H and O–H groups in total. The fraction of sp³-hybridized carbons (Fsp3) is 0.182. The number of hydrogen-bond donors (Lipinski definition) is 4. The van der Waals surface area contributed by atoms with E-state index in [4.69, 9.17) is 11.5 Å². The van der Waals surface area contributed by atoms with E-state index in [0.29, 0.717) is 22.3 Å². The molecule has 2 rings (SSSR count). The highest BCUT2D eigenvalue weighted by atomic mass is 16.1. The molecule has 0 bridgehead atoms. The third-order valence-electron chi connectivity index (χ3n) is 2.61. The third-order valence-corrected chi connectivity index (χ3v) is 2.61. The molecule has 2 aromatic rings. The smallest absolute Gasteiger partial charge is 0.258 e. The largest absolute Gasteiger partial charge is 0.397 e. The van der Waals surface area contributed by atoms with Gasteiger partial charge in [0.2, 0.25) is 5.91 Å². The number of carbonyl (C=O) groups excluding carboxylic acids is 1. The standard InChI is InChI=1S/C11H13N5O2/c1-5(10(13)17)16-9-3-8-6(2-7(9)12)11(18)15-4-14-8/h2-5,16H,12H2,1H3,(H2,13,17)(H,14,15,18). The molecular formula is C11H13N5O2. The summed E-state index contributed by atoms with van der Waals surface area (Å²) in [6.07, 6.45) is 1.31. The molecule has 0 aliphatic carbocycles. The van der Waals surface area contributed by atoms with Gasteiger partial charge >= 0.3 is 0 Å². The number of amides is 1. The van der Waals surface area contributed by atoms with Crippen LogP contribution < -0.4 is 22.3 Å². The lowest BCUT2D eigenvalue weighted by Gasteiger charge is -2.14. The van der Waals surface area contributed by atoms with E-state index in [0.717, 1.165) is 0 Å². The average Bonchev–Trinajstić information content (AvgIpc) is 2.31. The van der Waals surface area contributed by atoms with E-state index >= 15 is 0 Å². The summed E-state index contributed by atoms with van der Waals surface area (Å²) in [6.45, 7) is 1.62. The molecule has 18 heavy (non-hydrogen) atoms. The van der Waals surface area contributed by atoms with Crippen LogP contribution in [0.2, 0.25) is 0 Å². The number of nitrogens with two attached hydrogens (primary N) is 2. The molecule has 0 aliphatic rings. The zero-order valence-corrected chi connectivity index (χ0v) is 9.73. The molecule has 0 fully saturated rings. The lowest BCUT2D eigenvalue weighted by molar-refractivity contribution is -0.118. The van der Waals surface area contributed by atoms with Crippen LogP contribution in [0, 0.1) is 0 Å². The number of hydrogen-bond acceptors (Lipinski definition) is 5. The van der Waals surface area contributed by atoms with Crippen LogP contribution in [0.4, 0.5) is 11.4 Å². The van der Waals surface area contributed by atoms with Gasteiger partial charge in [0.1, 0.15) is 6.04 Å². The normalized spacial score (nSPS) is 12.3. The first-order valence-electron chi connectivity index (χ1n) is 5.32. The van der Waals surface area contributed by atoms with E-state index in [-0.39, 0.29) is 5.56 Å². The second kappa shape index (κ2) is 4.36. The Morgan fingerprint density at radius 2 is 2.22 bits per heavy atom. The number of benzene rings is 1. The van der Waals surface area contributed by atoms with Crippen LogP contribution in [0.25, 0.3) is 10.9 Å². The van der Waals surface area contributed by atoms with E-state index < -0.39 is 11.9 Å². The predicted molar refractivity (Wildman–Crippen MR) is 69.1 cm³/mol. The van der Waals surface area contributed by atoms with Crippen molar-refractivity contribution >= 4 is 28.2 Å². The highest BCUT2D eigenvalue weighted by Crippen LogP contribution is 2.23. The SMILES string of the molecule is CC(Nc1cc2nc[nH]c(=O)c2cc1N)C(N)=O. The van der Waals surface area contributed by atoms with E-state index in [1.807, 2.05) is 0 Å². The molecule has 1 amide bonds. The van der Waals surface area contributed by atoms with Crippen LogP contribution in [-0.2, 0) is 4.79 Å². The van der Waals surface area contributed by atoms with Crippen LogP contribution in [0.5, 0.6) is 0 Å². The van der Waals surface area contributed by atoms with E-state index in [1.54, 1.807) is 13.0 Å². The van der Waals surface area contributed by atoms with Crippen LogP contribution in [0.15, 0.2) is 23.3 Å². The van der Waals surface area contributed by atoms with Crippen molar-refractivity contribution in [2.24, 2.45) is 5.73 Å². The van der Waals surface area contributed by atoms with Gasteiger partial charge in [0.25, 0.3) is 5.56 Å². The number of nitrogens with zero attached hydrogens (tertiary/aromatic N) is 1. The summed E-state index contributed by atoms with van der Waals surface area (Å²) in [5, 5.41) is 3.27. The van der Waals surface area contributed by atoms with Crippen LogP contribution in [0.3, 0.4) is 0 Å². The summed E-state index contributed by atoms with van der Waals surface area (Å²) in [5.74, 6) is -0.492. The maximum atomic E-state index is 11.5. The number of carbonyl (C=O) groups is 1. The lowest BCUT2D eigenvalue weighted by Crippen LogP contribution is -2.32. The zero-order valence-electron chi connectivity index (χ0n) is 9.73. The summed E-state index contributed by atoms with van der Waals surface area (Å²) in [5.41, 5.74) is 12.1. The zero-order chi connectivity index (χ0) is 13.3. The van der Waals surface area contributed by atoms with Gasteiger partial charge in [-0.1, -0.05) is 0 Å². The van der Waals surface area contributed by atoms with Gasteiger partial charge in [0.05, 0.1) is 28.6 Å². The molecule has 94 valence electrons. The molecule has 1 aromatic carbocycles. The molecule has 1 heterocycles. The van der Waals surface area contributed by atoms with Crippen molar-refractivity contribution in [3.8, 4) is 0 Å². The van der Waals surface area contributed by atoms with E-state index in [2.05, 4.69) is 15.3 Å². The van der Waals surface area contributed by atoms with Crippen molar-refractivity contribution in [3.05, 3.63) is 28.8 Å². The van der Waals surface area contributed by atoms with Gasteiger partial charge < -0.3 is 21.8 Å². The first-order chi connectivity index (χ1) is 8.49. The molecule has 0 spiro atoms. The van der Waals surface area contributed by atoms with Crippen LogP contribution in [0.1, 0.15) is 6.92 Å². The Hall–Kier alpha value is -2.57. The second-order valence-corrected chi connectivity index (χ2v) is 3.96. The van der Waals surface area contributed by atoms with Crippen molar-refractivity contribution in [1.29, 1.82) is 0 Å². The fourth-order valence-electron chi connectivity index (χ4n) is 1.56. The number of primary amides is 1. The Balaban J connectivity index is 2.50. The maximum absolute atomic E-state index is 11.5. The quantitative estimate of drug-likeness (QED) is 0.558. The van der Waals surface area contributed by atoms with Gasteiger partial charge in [-0.25, -0.2) is 4.98 Å². The van der Waals surface area contributed by atoms with E-state index in [1.165, 1.54) is 12.4 Å². The number of aromatic amines is 1. The van der Waals surface area contributed by atoms with Crippen molar-refractivity contribution in [2.45, 2.75) is 13.0 Å². The van der Waals surface area contributed by atoms with Crippen molar-refractivity contribution in [1.82, 2.24) is 9.97 Å². The van der Waals surface area contributed by atoms with Gasteiger partial charge in [0, 0.05) is 0 Å². The minimum atomic E-state index is -0.563. The first kappa shape index (κ1) is 11.9. The summed E-state index contributed by atoms with van der Waals surface area (Å²) >= 11 is 0. The Kier molecular flexibility index (Phi) is 2.88. The second-order valence-electron chi connectivity index (χ2n) is 3.96. The van der Waals surface area contributed by atoms with Crippen molar-refractivity contribution in [3.63, 3.8) is 0 Å². The van der Waals surface area contributed by atoms with Gasteiger partial charge in [-0.05, 0) is 19.1 Å². The lowest BCUT2D eigenvalue weighted by atomic mass is 10.1. The predicted octanol–water partition coefficient (Wildman–Crippen LogP) is -0.209. The van der Waals surface area contributed by atoms with Crippen LogP contribution >= 0.6 is 0 Å². The Morgan fingerprint density at radius 1 is 1.50 bits per heavy atom. The first-order valence-corrected chi connectivity index (χ1v) is 5.32. The van der Waals surface area contributed by atoms with Gasteiger partial charge in [-0.15, -0.1) is 0 Å². The highest BCUT2D eigenvalue weighted by molar-refractivity contribution is 5.90. The molecule has 0 radical (unpaired) electrons. The molecule has 1 aromatic heterocycles. The molecule has 0 aliphatic heterocycles. The molecule has 1 atom stereocenters. The monoisotopic (exact) mass is 247 g/mol. The Morgan fingerprint density at radius 3 is 2.89 bits per heavy atom. The molecular weight excluding hydrogens is 234 g/mol. The minimum absolute atomic E-state index is 0.263. The number of nitrogen functional groups attached to an aromatic ring is 1. The Bertz CT molecular complexity index is 664. The highest BCUT2D eigenvalue weighted by Gasteiger charge is 2.11. The number of aromatic nitrogens is 2. The molecule has 0 saturated carbocycles. The summed E-state index contributed by atoms with van der Waals surface area (Å²) in [4.78, 5) is 29.0. The molecule has 1 unspecified atom stereocenters. The van der Waals surface area contributed by atoms with Gasteiger partial charge in [-0.2, -0.15) is 0 Å². The van der Waals surface area contributed by atoms with Crippen molar-refractivity contribution < 1.29 is 4.79 Å². The number of nitrogens with one attached hydrogen (secondary N) is 2. The average molecular weight is 247 g/mol. The summed E-state index contributed by atoms with van der Waals surface area (Å²) in [7, 11) is 0. The number of rotatable bonds is 3. The Labute approximate surface area is 102 Å². The molecule has 7 heteroatoms. The fourth-order valence-corrected chi connectivity index (χ4v) is 1.56. The third kappa shape index (κ3) is 2.10. The van der Waals surface area contributed by atoms with Gasteiger partial charge in [-0.3, -0.25) is 9.59 Å². The molecule has 0 saturated heterocycles. The van der Waals surface area contributed by atoms with Crippen LogP contribution in [-0.4, -0.2) is 21.9 Å². The summed E-state index contributed by atoms with van der Waals surface area (Å²) < 4.78 is 0. The van der Waals surface area contributed by atoms with Gasteiger partial charge in [0.15, 0.2) is 0 Å². The van der Waals surface area contributed by atoms with Crippen molar-refractivity contribution in [2.75, 3.05) is 11.1 Å². The summed E-state index contributed by atoms with van der Waals surface area (Å²) in [6, 6.07) is 2.56. The minimum Gasteiger partial charge on any atom is -0.397 e. The number of fused-ring (bicyclic) bond motifs is 1. The number of anilines is 2. The molecule has 7 nitrogen and oxygen atoms in total.